The van der Waals surface area contributed by atoms with E-state index in [4.69, 9.17) is 62.5 Å². The first-order valence-electron chi connectivity index (χ1n) is 49.2. The van der Waals surface area contributed by atoms with Crippen LogP contribution >= 0.6 is 22.7 Å². The maximum atomic E-state index is 6.71. The lowest BCUT2D eigenvalue weighted by molar-refractivity contribution is 0.669. The topological polar surface area (TPSA) is 169 Å². The molecule has 13 nitrogen and oxygen atoms in total. The van der Waals surface area contributed by atoms with Gasteiger partial charge in [0.1, 0.15) is 44.7 Å². The molecule has 0 unspecified atom stereocenters. The number of hydrogen-bond donors (Lipinski definition) is 0. The molecule has 0 spiro atoms. The lowest BCUT2D eigenvalue weighted by Crippen LogP contribution is -2.01. The average Bonchev–Trinajstić information content (AvgIpc) is 1.60. The second kappa shape index (κ2) is 35.3. The largest absolute Gasteiger partial charge is 0.456 e. The Bertz CT molecular complexity index is 10800. The van der Waals surface area contributed by atoms with Crippen molar-refractivity contribution < 1.29 is 17.7 Å². The van der Waals surface area contributed by atoms with Crippen molar-refractivity contribution in [3.8, 4) is 136 Å². The molecule has 31 aromatic rings. The van der Waals surface area contributed by atoms with E-state index in [1.807, 2.05) is 91.0 Å². The molecule has 0 bridgehead atoms. The summed E-state index contributed by atoms with van der Waals surface area (Å²) >= 11 is 3.56. The van der Waals surface area contributed by atoms with Crippen molar-refractivity contribution in [2.24, 2.45) is 0 Å². The zero-order valence-corrected chi connectivity index (χ0v) is 80.6. The van der Waals surface area contributed by atoms with Crippen molar-refractivity contribution in [3.05, 3.63) is 467 Å². The third-order valence-corrected chi connectivity index (χ3v) is 30.8. The molecule has 0 saturated heterocycles. The SMILES string of the molecule is c1ccc(-c2ccc(-c3nc(-c4ccc5cc6oc7ccccc7c6cc5c4)nc(-c4cccc5c4sc4ccccc45)n3)cc2)cc1.c1ccc(-c2ccc(-c3nc(-c4cccc5c4sc4ccccc45)nc(-c4c5ccccc5cc5oc6ccccc6c45)n3)cc2)cc1.c1ccc(-c2nc(-c3ccc4oc5cc6ccccc6cc5c4c3)nc(-c3cccc4oc5c(-c6cccc7ccccc67)cccc5c34)n2)cc1. The molecule has 9 aromatic heterocycles. The van der Waals surface area contributed by atoms with Crippen molar-refractivity contribution in [3.63, 3.8) is 0 Å². The van der Waals surface area contributed by atoms with Gasteiger partial charge in [0, 0.05) is 139 Å². The van der Waals surface area contributed by atoms with Gasteiger partial charge < -0.3 is 17.7 Å². The van der Waals surface area contributed by atoms with Crippen LogP contribution in [0, 0.1) is 0 Å². The number of para-hydroxylation sites is 3. The van der Waals surface area contributed by atoms with E-state index >= 15 is 0 Å². The van der Waals surface area contributed by atoms with Crippen LogP contribution in [0.5, 0.6) is 0 Å². The van der Waals surface area contributed by atoms with Crippen LogP contribution in [0.4, 0.5) is 0 Å². The first-order valence-corrected chi connectivity index (χ1v) is 50.9. The Labute approximate surface area is 853 Å². The Morgan fingerprint density at radius 1 is 0.149 bits per heavy atom. The number of thiophene rings is 2. The van der Waals surface area contributed by atoms with E-state index in [9.17, 15) is 0 Å². The lowest BCUT2D eigenvalue weighted by Gasteiger charge is -2.12. The average molecular weight is 1930 g/mol. The molecule has 690 valence electrons. The highest BCUT2D eigenvalue weighted by Crippen LogP contribution is 2.49. The number of hydrogen-bond acceptors (Lipinski definition) is 15. The molecule has 31 rings (SSSR count). The fraction of sp³-hybridized carbons (Fsp3) is 0. The second-order valence-corrected chi connectivity index (χ2v) is 39.3. The number of rotatable bonds is 12. The van der Waals surface area contributed by atoms with Gasteiger partial charge >= 0.3 is 0 Å². The smallest absolute Gasteiger partial charge is 0.165 e. The molecular weight excluding hydrogens is 1850 g/mol. The lowest BCUT2D eigenvalue weighted by atomic mass is 9.96. The first kappa shape index (κ1) is 85.3. The van der Waals surface area contributed by atoms with E-state index < -0.39 is 0 Å². The van der Waals surface area contributed by atoms with Crippen LogP contribution < -0.4 is 0 Å². The van der Waals surface area contributed by atoms with Crippen molar-refractivity contribution in [2.75, 3.05) is 0 Å². The number of benzene rings is 22. The van der Waals surface area contributed by atoms with Crippen LogP contribution in [0.25, 0.3) is 307 Å². The third kappa shape index (κ3) is 14.9. The molecule has 0 atom stereocenters. The van der Waals surface area contributed by atoms with Crippen molar-refractivity contribution in [2.45, 2.75) is 0 Å². The van der Waals surface area contributed by atoms with Crippen LogP contribution in [0.1, 0.15) is 0 Å². The predicted molar refractivity (Wildman–Crippen MR) is 610 cm³/mol. The van der Waals surface area contributed by atoms with Gasteiger partial charge in [-0.15, -0.1) is 22.7 Å². The van der Waals surface area contributed by atoms with Gasteiger partial charge in [0.05, 0.1) is 0 Å². The summed E-state index contributed by atoms with van der Waals surface area (Å²) in [6.45, 7) is 0. The van der Waals surface area contributed by atoms with Crippen LogP contribution in [-0.2, 0) is 0 Å². The second-order valence-electron chi connectivity index (χ2n) is 37.2. The van der Waals surface area contributed by atoms with Gasteiger partial charge in [0.25, 0.3) is 0 Å². The highest BCUT2D eigenvalue weighted by Gasteiger charge is 2.27. The summed E-state index contributed by atoms with van der Waals surface area (Å²) in [4.78, 5) is 46.5. The molecule has 0 saturated carbocycles. The van der Waals surface area contributed by atoms with Gasteiger partial charge in [-0.2, -0.15) is 0 Å². The zero-order valence-electron chi connectivity index (χ0n) is 78.9. The third-order valence-electron chi connectivity index (χ3n) is 28.4. The number of nitrogens with zero attached hydrogens (tertiary/aromatic N) is 9. The van der Waals surface area contributed by atoms with Gasteiger partial charge in [-0.25, -0.2) is 44.9 Å². The van der Waals surface area contributed by atoms with Gasteiger partial charge in [-0.3, -0.25) is 0 Å². The molecule has 22 aromatic carbocycles. The van der Waals surface area contributed by atoms with E-state index in [2.05, 4.69) is 376 Å². The summed E-state index contributed by atoms with van der Waals surface area (Å²) in [5, 5.41) is 22.3. The summed E-state index contributed by atoms with van der Waals surface area (Å²) in [7, 11) is 0. The fourth-order valence-electron chi connectivity index (χ4n) is 21.3. The van der Waals surface area contributed by atoms with Crippen LogP contribution in [-0.4, -0.2) is 44.9 Å². The molecule has 0 aliphatic rings. The van der Waals surface area contributed by atoms with E-state index in [1.165, 1.54) is 62.9 Å². The van der Waals surface area contributed by atoms with Gasteiger partial charge in [-0.1, -0.05) is 370 Å². The summed E-state index contributed by atoms with van der Waals surface area (Å²) in [6.07, 6.45) is 0. The van der Waals surface area contributed by atoms with E-state index in [-0.39, 0.29) is 0 Å². The molecule has 0 radical (unpaired) electrons. The number of fused-ring (bicyclic) bond motifs is 22. The van der Waals surface area contributed by atoms with Crippen LogP contribution in [0.2, 0.25) is 0 Å². The van der Waals surface area contributed by atoms with Crippen molar-refractivity contribution >= 4 is 194 Å². The standard InChI is InChI=1S/C47H27N3O2.2C43H25N3OS/c1-2-12-29(13-3-1)45-48-46(32-23-24-40-38(26-32)39-25-30-14-4-5-15-31(30)27-42(39)51-40)50-47(49-45)37-21-10-22-41-43(37)36-20-9-19-35(44(36)52-41)34-18-8-16-28-11-6-7-17-33(28)34;1-2-9-26(10-3-1)27-17-19-28(20-18-27)41-44-42(46-43(45-41)35-14-8-13-34-33-12-5-7-16-39(33)48-40(34)35)30-22-21-29-25-38-36(24-31(29)23-30)32-11-4-6-15-37(32)47-38;1-2-11-26(12-3-1)27-21-23-28(24-22-27)41-44-42(34-18-10-17-32-31-15-7-9-20-37(31)48-40(32)34)46-43(45-41)39-30-14-5-4-13-29(30)25-36-38(39)33-16-6-8-19-35(33)47-36/h1-27H;2*1-25H. The Balaban J connectivity index is 0.000000105. The van der Waals surface area contributed by atoms with E-state index in [0.717, 1.165) is 192 Å². The highest BCUT2D eigenvalue weighted by molar-refractivity contribution is 7.26. The van der Waals surface area contributed by atoms with Crippen LogP contribution in [0.3, 0.4) is 0 Å². The highest BCUT2D eigenvalue weighted by atomic mass is 32.1. The zero-order chi connectivity index (χ0) is 97.4. The van der Waals surface area contributed by atoms with Crippen molar-refractivity contribution in [1.29, 1.82) is 0 Å². The molecule has 0 aliphatic carbocycles. The summed E-state index contributed by atoms with van der Waals surface area (Å²) < 4.78 is 30.5. The maximum Gasteiger partial charge on any atom is 0.165 e. The Morgan fingerprint density at radius 2 is 0.500 bits per heavy atom. The quantitative estimate of drug-likeness (QED) is 0.113. The maximum absolute atomic E-state index is 6.71. The van der Waals surface area contributed by atoms with Crippen LogP contribution in [0.15, 0.2) is 485 Å². The van der Waals surface area contributed by atoms with Crippen molar-refractivity contribution in [1.82, 2.24) is 44.9 Å². The molecular formula is C133H77N9O4S2. The molecule has 0 amide bonds. The van der Waals surface area contributed by atoms with E-state index in [1.54, 1.807) is 22.7 Å². The molecule has 15 heteroatoms. The molecule has 9 heterocycles. The molecule has 0 aliphatic heterocycles. The molecule has 0 N–H and O–H groups in total. The predicted octanol–water partition coefficient (Wildman–Crippen LogP) is 36.6. The van der Waals surface area contributed by atoms with Gasteiger partial charge in [-0.05, 0) is 168 Å². The number of furan rings is 4. The minimum absolute atomic E-state index is 0.579. The fourth-order valence-corrected chi connectivity index (χ4v) is 23.7. The first-order chi connectivity index (χ1) is 73.3. The number of aromatic nitrogens is 9. The Hall–Kier alpha value is -19.5. The minimum atomic E-state index is 0.579. The summed E-state index contributed by atoms with van der Waals surface area (Å²) in [5.74, 6) is 5.60. The normalized spacial score (nSPS) is 11.8. The molecule has 0 fully saturated rings. The Morgan fingerprint density at radius 3 is 1.12 bits per heavy atom. The van der Waals surface area contributed by atoms with Gasteiger partial charge in [0.2, 0.25) is 0 Å². The summed E-state index contributed by atoms with van der Waals surface area (Å²) in [5.41, 5.74) is 22.0. The Kier molecular flexibility index (Phi) is 20.4. The van der Waals surface area contributed by atoms with E-state index in [0.29, 0.717) is 52.4 Å². The van der Waals surface area contributed by atoms with Gasteiger partial charge in [0.15, 0.2) is 52.4 Å². The monoisotopic (exact) mass is 1930 g/mol. The molecule has 148 heavy (non-hydrogen) atoms. The summed E-state index contributed by atoms with van der Waals surface area (Å²) in [6, 6.07) is 162. The minimum Gasteiger partial charge on any atom is -0.456 e.